The van der Waals surface area contributed by atoms with Gasteiger partial charge in [-0.1, -0.05) is 63.1 Å². The quantitative estimate of drug-likeness (QED) is 0.258. The predicted molar refractivity (Wildman–Crippen MR) is 156 cm³/mol. The van der Waals surface area contributed by atoms with Crippen LogP contribution in [-0.2, 0) is 6.42 Å². The first-order valence-corrected chi connectivity index (χ1v) is 13.6. The van der Waals surface area contributed by atoms with Gasteiger partial charge in [0.2, 0.25) is 0 Å². The largest absolute Gasteiger partial charge is 0.358 e. The monoisotopic (exact) mass is 576 g/mol. The third kappa shape index (κ3) is 7.88. The minimum absolute atomic E-state index is 0.270. The summed E-state index contributed by atoms with van der Waals surface area (Å²) in [6.07, 6.45) is 9.87. The summed E-state index contributed by atoms with van der Waals surface area (Å²) < 4.78 is 29.5. The molecule has 1 aromatic heterocycles. The molecule has 0 aliphatic heterocycles. The highest BCUT2D eigenvalue weighted by molar-refractivity contribution is 9.12. The molecule has 0 unspecified atom stereocenters. The Labute approximate surface area is 227 Å². The van der Waals surface area contributed by atoms with Gasteiger partial charge in [0.05, 0.1) is 0 Å². The van der Waals surface area contributed by atoms with Crippen LogP contribution in [0.25, 0.3) is 10.9 Å². The summed E-state index contributed by atoms with van der Waals surface area (Å²) in [5, 5.41) is 1.74. The predicted octanol–water partition coefficient (Wildman–Crippen LogP) is 10.6. The minimum Gasteiger partial charge on any atom is -0.358 e. The van der Waals surface area contributed by atoms with Gasteiger partial charge in [0.15, 0.2) is 11.6 Å². The highest BCUT2D eigenvalue weighted by atomic mass is 79.9. The van der Waals surface area contributed by atoms with Gasteiger partial charge in [0.1, 0.15) is 0 Å². The average molecular weight is 578 g/mol. The van der Waals surface area contributed by atoms with Gasteiger partial charge in [-0.25, -0.2) is 8.78 Å². The van der Waals surface area contributed by atoms with Gasteiger partial charge in [0.25, 0.3) is 0 Å². The minimum atomic E-state index is -0.765. The Kier molecular flexibility index (Phi) is 12.1. The molecule has 0 bridgehead atoms. The van der Waals surface area contributed by atoms with Crippen molar-refractivity contribution in [3.63, 3.8) is 0 Å². The number of aromatic nitrogens is 1. The zero-order chi connectivity index (χ0) is 26.8. The van der Waals surface area contributed by atoms with Crippen molar-refractivity contribution in [2.75, 3.05) is 0 Å². The molecule has 36 heavy (non-hydrogen) atoms. The van der Waals surface area contributed by atoms with Crippen LogP contribution in [-0.4, -0.2) is 11.2 Å². The third-order valence-electron chi connectivity index (χ3n) is 6.05. The van der Waals surface area contributed by atoms with Gasteiger partial charge >= 0.3 is 0 Å². The molecule has 3 aromatic rings. The first kappa shape index (κ1) is 30.0. The molecule has 2 aromatic carbocycles. The third-order valence-corrected chi connectivity index (χ3v) is 6.95. The molecule has 6 heteroatoms. The number of nitrogens with one attached hydrogen (secondary N) is 1. The second-order valence-electron chi connectivity index (χ2n) is 8.82. The van der Waals surface area contributed by atoms with Crippen LogP contribution >= 0.6 is 27.5 Å². The lowest BCUT2D eigenvalue weighted by Crippen LogP contribution is -2.05. The molecule has 0 spiro atoms. The van der Waals surface area contributed by atoms with Crippen LogP contribution < -0.4 is 0 Å². The summed E-state index contributed by atoms with van der Waals surface area (Å²) in [6, 6.07) is 9.04. The topological polar surface area (TPSA) is 28.1 Å². The second-order valence-corrected chi connectivity index (χ2v) is 10.2. The van der Waals surface area contributed by atoms with E-state index < -0.39 is 11.6 Å². The Morgan fingerprint density at radius 3 is 2.53 bits per heavy atom. The highest BCUT2D eigenvalue weighted by Gasteiger charge is 2.22. The van der Waals surface area contributed by atoms with E-state index in [-0.39, 0.29) is 5.92 Å². The number of halogens is 4. The van der Waals surface area contributed by atoms with Crippen LogP contribution in [0.1, 0.15) is 82.2 Å². The molecular weight excluding hydrogens is 542 g/mol. The number of aliphatic imine (C=N–C) groups is 1. The standard InChI is InChI=1S/C21H22ClF2N.C9H14BrN/c1-4-5-6-16-17-11-14(22)8-10-18(17)25-21(16)13(3)15-9-7-12(2)19(23)20(15)24;1-4-6-8(3)11-7-9(10)5-2/h7-11,13,25H,4-6H2,1-3H3;5-7H,4H2,1-3H3/b;8-6+,9-5+,11-7+/t13-;/m0./s1. The van der Waals surface area contributed by atoms with E-state index in [1.807, 2.05) is 51.3 Å². The first-order valence-electron chi connectivity index (χ1n) is 12.4. The van der Waals surface area contributed by atoms with E-state index in [0.717, 1.165) is 58.0 Å². The maximum absolute atomic E-state index is 14.5. The summed E-state index contributed by atoms with van der Waals surface area (Å²) in [5.74, 6) is -1.79. The smallest absolute Gasteiger partial charge is 0.162 e. The number of rotatable bonds is 8. The summed E-state index contributed by atoms with van der Waals surface area (Å²) in [6.45, 7) is 11.7. The highest BCUT2D eigenvalue weighted by Crippen LogP contribution is 2.35. The summed E-state index contributed by atoms with van der Waals surface area (Å²) >= 11 is 9.51. The SMILES string of the molecule is CCCCc1c([C@@H](C)c2ccc(C)c(F)c2F)[nH]c2ccc(Cl)cc12.C\C=C(Br)/C=N/C(C)=C/CC. The molecule has 2 nitrogen and oxygen atoms in total. The van der Waals surface area contributed by atoms with Gasteiger partial charge in [-0.2, -0.15) is 0 Å². The summed E-state index contributed by atoms with van der Waals surface area (Å²) in [5.41, 5.74) is 4.82. The van der Waals surface area contributed by atoms with Crippen LogP contribution in [0.3, 0.4) is 0 Å². The maximum atomic E-state index is 14.5. The normalized spacial score (nSPS) is 13.3. The van der Waals surface area contributed by atoms with Crippen molar-refractivity contribution < 1.29 is 8.78 Å². The molecule has 1 heterocycles. The van der Waals surface area contributed by atoms with Crippen LogP contribution in [0.2, 0.25) is 5.02 Å². The molecule has 1 N–H and O–H groups in total. The molecule has 0 saturated heterocycles. The lowest BCUT2D eigenvalue weighted by Gasteiger charge is -2.15. The molecule has 0 amide bonds. The lowest BCUT2D eigenvalue weighted by atomic mass is 9.91. The van der Waals surface area contributed by atoms with E-state index in [0.29, 0.717) is 16.1 Å². The van der Waals surface area contributed by atoms with Crippen molar-refractivity contribution in [1.29, 1.82) is 0 Å². The Morgan fingerprint density at radius 1 is 1.17 bits per heavy atom. The number of allylic oxidation sites excluding steroid dienone is 4. The average Bonchev–Trinajstić information content (AvgIpc) is 3.22. The molecule has 0 aliphatic carbocycles. The van der Waals surface area contributed by atoms with Crippen LogP contribution in [0.15, 0.2) is 57.7 Å². The Bertz CT molecular complexity index is 1260. The van der Waals surface area contributed by atoms with Crippen LogP contribution in [0, 0.1) is 18.6 Å². The van der Waals surface area contributed by atoms with Gasteiger partial charge in [0, 0.05) is 43.9 Å². The fourth-order valence-electron chi connectivity index (χ4n) is 3.97. The number of hydrogen-bond acceptors (Lipinski definition) is 1. The number of hydrogen-bond donors (Lipinski definition) is 1. The van der Waals surface area contributed by atoms with Crippen molar-refractivity contribution >= 4 is 44.6 Å². The van der Waals surface area contributed by atoms with Gasteiger partial charge in [-0.15, -0.1) is 0 Å². The van der Waals surface area contributed by atoms with Crippen molar-refractivity contribution in [1.82, 2.24) is 4.98 Å². The van der Waals surface area contributed by atoms with Gasteiger partial charge in [-0.3, -0.25) is 4.99 Å². The number of aryl methyl sites for hydroxylation is 2. The van der Waals surface area contributed by atoms with E-state index in [1.54, 1.807) is 19.1 Å². The van der Waals surface area contributed by atoms with E-state index >= 15 is 0 Å². The molecular formula is C30H36BrClF2N2. The lowest BCUT2D eigenvalue weighted by molar-refractivity contribution is 0.490. The Hall–Kier alpha value is -2.24. The fraction of sp³-hybridized carbons (Fsp3) is 0.367. The Morgan fingerprint density at radius 2 is 1.89 bits per heavy atom. The van der Waals surface area contributed by atoms with E-state index in [1.165, 1.54) is 0 Å². The summed E-state index contributed by atoms with van der Waals surface area (Å²) in [4.78, 5) is 7.62. The van der Waals surface area contributed by atoms with Crippen molar-refractivity contribution in [3.8, 4) is 0 Å². The zero-order valence-corrected chi connectivity index (χ0v) is 24.3. The molecule has 0 aliphatic rings. The number of H-pyrrole nitrogens is 1. The number of fused-ring (bicyclic) bond motifs is 1. The van der Waals surface area contributed by atoms with E-state index in [9.17, 15) is 8.78 Å². The zero-order valence-electron chi connectivity index (χ0n) is 22.0. The fourth-order valence-corrected chi connectivity index (χ4v) is 4.24. The molecule has 3 rings (SSSR count). The maximum Gasteiger partial charge on any atom is 0.162 e. The molecule has 194 valence electrons. The van der Waals surface area contributed by atoms with Crippen molar-refractivity contribution in [2.45, 2.75) is 73.1 Å². The number of aromatic amines is 1. The van der Waals surface area contributed by atoms with E-state index in [2.05, 4.69) is 45.8 Å². The number of nitrogens with zero attached hydrogens (tertiary/aromatic N) is 1. The van der Waals surface area contributed by atoms with Crippen LogP contribution in [0.5, 0.6) is 0 Å². The van der Waals surface area contributed by atoms with Gasteiger partial charge in [-0.05, 0) is 90.9 Å². The van der Waals surface area contributed by atoms with Crippen molar-refractivity contribution in [3.05, 3.63) is 91.7 Å². The molecule has 0 radical (unpaired) electrons. The van der Waals surface area contributed by atoms with E-state index in [4.69, 9.17) is 11.6 Å². The first-order chi connectivity index (χ1) is 17.1. The van der Waals surface area contributed by atoms with Crippen LogP contribution in [0.4, 0.5) is 8.78 Å². The number of unbranched alkanes of at least 4 members (excludes halogenated alkanes) is 1. The van der Waals surface area contributed by atoms with Crippen molar-refractivity contribution in [2.24, 2.45) is 4.99 Å². The summed E-state index contributed by atoms with van der Waals surface area (Å²) in [7, 11) is 0. The molecule has 1 atom stereocenters. The molecule has 0 fully saturated rings. The Balaban J connectivity index is 0.000000352. The van der Waals surface area contributed by atoms with Gasteiger partial charge < -0.3 is 4.98 Å². The number of benzene rings is 2. The second kappa shape index (κ2) is 14.5. The molecule has 0 saturated carbocycles.